The maximum absolute atomic E-state index is 13.6. The highest BCUT2D eigenvalue weighted by molar-refractivity contribution is 8.00. The van der Waals surface area contributed by atoms with Gasteiger partial charge in [0, 0.05) is 50.9 Å². The van der Waals surface area contributed by atoms with Crippen LogP contribution in [0.3, 0.4) is 0 Å². The molecule has 6 N–H and O–H groups in total. The summed E-state index contributed by atoms with van der Waals surface area (Å²) < 4.78 is 82.7. The quantitative estimate of drug-likeness (QED) is 0.0466. The standard InChI is InChI=1S/C40H45Cl3N4O11S3/c1-17-14-39(3,4)46-31-19(17)12-21-25(26-27(38(50)51)28(41)30(43)35(29(26)42)59-16-24(49)45-11-9-7-8-10-23(44)48)22-13-20-18(2)15-40(5,6)47-32(20)37(61(55,56)57)34(22)58-33(21)36(31)60(52,53)54/h12-13,17-18,46H,7-11,14-16H2,1-6H3,(H2,44,48)(H,45,49)(H,50,51)(H,52,53,54)(H,55,56,57)/p-1. The van der Waals surface area contributed by atoms with Crippen molar-refractivity contribution in [3.63, 3.8) is 0 Å². The number of halogens is 3. The number of nitrogens with zero attached hydrogens (tertiary/aromatic N) is 1. The Kier molecular flexibility index (Phi) is 12.9. The van der Waals surface area contributed by atoms with Crippen molar-refractivity contribution in [2.45, 2.75) is 118 Å². The van der Waals surface area contributed by atoms with E-state index in [1.165, 1.54) is 12.1 Å². The Balaban J connectivity index is 1.73. The largest absolute Gasteiger partial charge is 0.545 e. The molecule has 0 bridgehead atoms. The highest BCUT2D eigenvalue weighted by Gasteiger charge is 2.42. The van der Waals surface area contributed by atoms with Crippen LogP contribution in [0.1, 0.15) is 125 Å². The van der Waals surface area contributed by atoms with Gasteiger partial charge in [-0.1, -0.05) is 55.1 Å². The average Bonchev–Trinajstić information content (AvgIpc) is 3.10. The topological polar surface area (TPSA) is 255 Å². The Labute approximate surface area is 372 Å². The molecule has 0 aromatic heterocycles. The van der Waals surface area contributed by atoms with Crippen LogP contribution in [0.2, 0.25) is 15.1 Å². The number of ether oxygens (including phenoxy) is 1. The van der Waals surface area contributed by atoms with E-state index in [4.69, 9.17) is 45.3 Å². The van der Waals surface area contributed by atoms with E-state index in [0.717, 1.165) is 11.8 Å². The number of unbranched alkanes of at least 4 members (excludes halogenated alkanes) is 2. The number of nitrogens with two attached hydrogens (primary N) is 1. The molecule has 6 rings (SSSR count). The number of carboxylic acids is 1. The van der Waals surface area contributed by atoms with Crippen LogP contribution in [0.15, 0.2) is 31.8 Å². The van der Waals surface area contributed by atoms with Crippen molar-refractivity contribution < 1.29 is 50.2 Å². The maximum atomic E-state index is 13.6. The second-order valence-electron chi connectivity index (χ2n) is 16.9. The van der Waals surface area contributed by atoms with E-state index < -0.39 is 92.5 Å². The minimum absolute atomic E-state index is 0.0471. The molecule has 15 nitrogen and oxygen atoms in total. The number of aromatic carboxylic acids is 1. The van der Waals surface area contributed by atoms with Gasteiger partial charge in [-0.05, 0) is 88.5 Å². The first-order valence-electron chi connectivity index (χ1n) is 19.2. The van der Waals surface area contributed by atoms with E-state index in [9.17, 15) is 45.4 Å². The van der Waals surface area contributed by atoms with Gasteiger partial charge in [0.1, 0.15) is 0 Å². The molecule has 330 valence electrons. The van der Waals surface area contributed by atoms with Crippen LogP contribution < -0.4 is 36.8 Å². The van der Waals surface area contributed by atoms with Gasteiger partial charge in [-0.3, -0.25) is 23.7 Å². The zero-order valence-corrected chi connectivity index (χ0v) is 38.6. The number of carbonyl (C=O) groups is 3. The third kappa shape index (κ3) is 9.23. The average molecular weight is 959 g/mol. The maximum Gasteiger partial charge on any atom is 0.300 e. The summed E-state index contributed by atoms with van der Waals surface area (Å²) in [7, 11) is -10.6. The molecule has 0 aliphatic carbocycles. The monoisotopic (exact) mass is 957 g/mol. The van der Waals surface area contributed by atoms with E-state index in [2.05, 4.69) is 15.6 Å². The highest BCUT2D eigenvalue weighted by Crippen LogP contribution is 2.54. The van der Waals surface area contributed by atoms with Gasteiger partial charge in [0.15, 0.2) is 21.3 Å². The number of fused-ring (bicyclic) bond motifs is 4. The highest BCUT2D eigenvalue weighted by atomic mass is 35.5. The molecule has 3 aliphatic rings. The van der Waals surface area contributed by atoms with E-state index in [1.807, 2.05) is 27.7 Å². The second kappa shape index (κ2) is 16.8. The molecule has 0 saturated carbocycles. The summed E-state index contributed by atoms with van der Waals surface area (Å²) in [6.45, 7) is 11.1. The van der Waals surface area contributed by atoms with Crippen LogP contribution in [-0.2, 0) is 29.8 Å². The smallest absolute Gasteiger partial charge is 0.300 e. The number of nitrogens with one attached hydrogen (secondary N) is 2. The lowest BCUT2D eigenvalue weighted by atomic mass is 9.79. The third-order valence-corrected chi connectivity index (χ3v) is 15.2. The summed E-state index contributed by atoms with van der Waals surface area (Å²) in [6.07, 6.45) is 2.84. The van der Waals surface area contributed by atoms with Gasteiger partial charge in [0.25, 0.3) is 20.2 Å². The molecule has 3 heterocycles. The van der Waals surface area contributed by atoms with Crippen LogP contribution in [0.5, 0.6) is 11.5 Å². The van der Waals surface area contributed by atoms with Crippen LogP contribution >= 0.6 is 46.6 Å². The molecule has 3 aromatic rings. The lowest BCUT2D eigenvalue weighted by Crippen LogP contribution is -2.39. The third-order valence-electron chi connectivity index (χ3n) is 10.8. The molecule has 0 radical (unpaired) electrons. The number of carbonyl (C=O) groups excluding carboxylic acids is 3. The van der Waals surface area contributed by atoms with Crippen LogP contribution in [-0.4, -0.2) is 67.1 Å². The first-order chi connectivity index (χ1) is 28.1. The Morgan fingerprint density at radius 1 is 0.934 bits per heavy atom. The van der Waals surface area contributed by atoms with Gasteiger partial charge in [0.2, 0.25) is 11.8 Å². The fourth-order valence-corrected chi connectivity index (χ4v) is 12.2. The van der Waals surface area contributed by atoms with Gasteiger partial charge in [-0.15, -0.1) is 11.8 Å². The van der Waals surface area contributed by atoms with Crippen molar-refractivity contribution in [1.82, 2.24) is 5.32 Å². The lowest BCUT2D eigenvalue weighted by molar-refractivity contribution is -0.255. The van der Waals surface area contributed by atoms with Crippen molar-refractivity contribution in [3.05, 3.63) is 65.6 Å². The Morgan fingerprint density at radius 3 is 2.18 bits per heavy atom. The molecule has 61 heavy (non-hydrogen) atoms. The molecule has 3 aromatic carbocycles. The van der Waals surface area contributed by atoms with E-state index in [0.29, 0.717) is 43.2 Å². The Morgan fingerprint density at radius 2 is 1.57 bits per heavy atom. The SMILES string of the molecule is CC1CC(C)(C)Nc2c1cc1c(c2S(=O)(=O)O)Oc2c(S(=O)(=O)O)c3c(cc2=C1c1c(Cl)c(SCC(=O)NCCCCCC(N)=O)c(Cl)c(Cl)c1C(=O)[O-])C(C)CC(C)(C)N=3. The molecule has 0 saturated heterocycles. The lowest BCUT2D eigenvalue weighted by Gasteiger charge is -2.40. The number of benzene rings is 3. The van der Waals surface area contributed by atoms with Crippen molar-refractivity contribution in [3.8, 4) is 11.5 Å². The Hall–Kier alpha value is -3.62. The summed E-state index contributed by atoms with van der Waals surface area (Å²) in [5.74, 6) is -5.09. The second-order valence-corrected chi connectivity index (χ2v) is 21.7. The van der Waals surface area contributed by atoms with Crippen molar-refractivity contribution >= 4 is 95.8 Å². The molecular weight excluding hydrogens is 915 g/mol. The van der Waals surface area contributed by atoms with Gasteiger partial charge < -0.3 is 31.0 Å². The van der Waals surface area contributed by atoms with E-state index in [-0.39, 0.29) is 67.0 Å². The number of rotatable bonds is 13. The summed E-state index contributed by atoms with van der Waals surface area (Å²) in [5.41, 5.74) is 2.75. The van der Waals surface area contributed by atoms with Gasteiger partial charge >= 0.3 is 0 Å². The molecular formula is C40H44Cl3N4O11S3-. The minimum atomic E-state index is -5.29. The van der Waals surface area contributed by atoms with Crippen molar-refractivity contribution in [2.75, 3.05) is 17.6 Å². The number of anilines is 1. The van der Waals surface area contributed by atoms with Crippen LogP contribution in [0, 0.1) is 0 Å². The first-order valence-corrected chi connectivity index (χ1v) is 24.2. The number of thioether (sulfide) groups is 1. The number of amides is 2. The van der Waals surface area contributed by atoms with Crippen molar-refractivity contribution in [2.24, 2.45) is 10.7 Å². The molecule has 0 spiro atoms. The summed E-state index contributed by atoms with van der Waals surface area (Å²) in [6, 6.07) is 3.05. The molecule has 0 fully saturated rings. The molecule has 2 amide bonds. The minimum Gasteiger partial charge on any atom is -0.545 e. The fraction of sp³-hybridized carbons (Fsp3) is 0.450. The summed E-state index contributed by atoms with van der Waals surface area (Å²) in [5, 5.41) is 17.5. The summed E-state index contributed by atoms with van der Waals surface area (Å²) in [4.78, 5) is 40.3. The van der Waals surface area contributed by atoms with Crippen LogP contribution in [0.25, 0.3) is 5.57 Å². The molecule has 2 unspecified atom stereocenters. The zero-order valence-electron chi connectivity index (χ0n) is 33.9. The van der Waals surface area contributed by atoms with Gasteiger partial charge in [-0.25, -0.2) is 0 Å². The van der Waals surface area contributed by atoms with E-state index >= 15 is 0 Å². The van der Waals surface area contributed by atoms with Crippen molar-refractivity contribution in [1.29, 1.82) is 0 Å². The number of carboxylic acid groups (broad SMARTS) is 1. The number of primary amides is 1. The molecule has 21 heteroatoms. The zero-order chi connectivity index (χ0) is 45.3. The number of hydrogen-bond donors (Lipinski definition) is 5. The number of hydrogen-bond acceptors (Lipinski definition) is 12. The summed E-state index contributed by atoms with van der Waals surface area (Å²) >= 11 is 21.5. The van der Waals surface area contributed by atoms with Gasteiger partial charge in [0.05, 0.1) is 43.4 Å². The fourth-order valence-electron chi connectivity index (χ4n) is 8.58. The van der Waals surface area contributed by atoms with Gasteiger partial charge in [-0.2, -0.15) is 16.8 Å². The predicted octanol–water partition coefficient (Wildman–Crippen LogP) is 5.71. The molecule has 3 aliphatic heterocycles. The predicted molar refractivity (Wildman–Crippen MR) is 230 cm³/mol. The first kappa shape index (κ1) is 46.9. The van der Waals surface area contributed by atoms with E-state index in [1.54, 1.807) is 13.8 Å². The molecule has 2 atom stereocenters. The Bertz CT molecular complexity index is 2780. The normalized spacial score (nSPS) is 18.6. The van der Waals surface area contributed by atoms with Crippen LogP contribution in [0.4, 0.5) is 5.69 Å².